The van der Waals surface area contributed by atoms with Crippen LogP contribution in [0.15, 0.2) is 73.4 Å². The van der Waals surface area contributed by atoms with E-state index in [-0.39, 0.29) is 5.91 Å². The highest BCUT2D eigenvalue weighted by Gasteiger charge is 2.15. The van der Waals surface area contributed by atoms with Crippen molar-refractivity contribution >= 4 is 22.6 Å². The third kappa shape index (κ3) is 4.45. The molecule has 8 nitrogen and oxygen atoms in total. The van der Waals surface area contributed by atoms with Crippen LogP contribution in [0.1, 0.15) is 29.2 Å². The maximum atomic E-state index is 12.7. The average Bonchev–Trinajstić information content (AvgIpc) is 3.71. The molecule has 0 bridgehead atoms. The van der Waals surface area contributed by atoms with Crippen molar-refractivity contribution in [2.45, 2.75) is 19.3 Å². The second-order valence-corrected chi connectivity index (χ2v) is 9.05. The fourth-order valence-electron chi connectivity index (χ4n) is 4.81. The van der Waals surface area contributed by atoms with Gasteiger partial charge in [0.15, 0.2) is 0 Å². The molecule has 1 fully saturated rings. The summed E-state index contributed by atoms with van der Waals surface area (Å²) in [6, 6.07) is 14.7. The van der Waals surface area contributed by atoms with Crippen LogP contribution in [0.25, 0.3) is 33.3 Å². The molecule has 8 heteroatoms. The third-order valence-corrected chi connectivity index (χ3v) is 6.70. The van der Waals surface area contributed by atoms with Gasteiger partial charge in [-0.2, -0.15) is 0 Å². The number of anilines is 1. The van der Waals surface area contributed by atoms with Crippen molar-refractivity contribution in [3.8, 4) is 22.3 Å². The Balaban J connectivity index is 1.23. The van der Waals surface area contributed by atoms with Crippen molar-refractivity contribution in [3.63, 3.8) is 0 Å². The zero-order chi connectivity index (χ0) is 24.3. The summed E-state index contributed by atoms with van der Waals surface area (Å²) < 4.78 is 0. The number of hydrogen-bond acceptors (Lipinski definition) is 5. The van der Waals surface area contributed by atoms with Crippen LogP contribution in [0.4, 0.5) is 5.69 Å². The first kappa shape index (κ1) is 22.0. The van der Waals surface area contributed by atoms with Gasteiger partial charge in [0, 0.05) is 79.2 Å². The number of nitrogens with one attached hydrogen (secondary N) is 3. The Morgan fingerprint density at radius 1 is 0.944 bits per heavy atom. The number of hydrogen-bond donors (Lipinski definition) is 3. The van der Waals surface area contributed by atoms with Crippen LogP contribution in [-0.4, -0.2) is 50.5 Å². The second kappa shape index (κ2) is 9.65. The van der Waals surface area contributed by atoms with Crippen molar-refractivity contribution in [1.29, 1.82) is 0 Å². The van der Waals surface area contributed by atoms with Crippen molar-refractivity contribution in [2.75, 3.05) is 24.5 Å². The molecular formula is C28H27N7O. The molecule has 1 saturated heterocycles. The summed E-state index contributed by atoms with van der Waals surface area (Å²) in [5.74, 6) is 0.671. The number of carbonyl (C=O) groups excluding carboxylic acids is 1. The highest BCUT2D eigenvalue weighted by atomic mass is 16.1. The Morgan fingerprint density at radius 3 is 2.58 bits per heavy atom. The fourth-order valence-corrected chi connectivity index (χ4v) is 4.81. The highest BCUT2D eigenvalue weighted by Crippen LogP contribution is 2.31. The molecule has 1 aromatic carbocycles. The maximum absolute atomic E-state index is 12.7. The number of pyridine rings is 2. The van der Waals surface area contributed by atoms with Gasteiger partial charge in [-0.1, -0.05) is 12.1 Å². The lowest BCUT2D eigenvalue weighted by molar-refractivity contribution is 0.0950. The molecule has 0 unspecified atom stereocenters. The van der Waals surface area contributed by atoms with Gasteiger partial charge >= 0.3 is 0 Å². The monoisotopic (exact) mass is 477 g/mol. The number of rotatable bonds is 7. The predicted molar refractivity (Wildman–Crippen MR) is 141 cm³/mol. The van der Waals surface area contributed by atoms with Crippen LogP contribution >= 0.6 is 0 Å². The van der Waals surface area contributed by atoms with E-state index in [0.717, 1.165) is 46.6 Å². The Morgan fingerprint density at radius 2 is 1.78 bits per heavy atom. The van der Waals surface area contributed by atoms with Gasteiger partial charge in [-0.3, -0.25) is 9.78 Å². The van der Waals surface area contributed by atoms with E-state index >= 15 is 0 Å². The Hall–Kier alpha value is -4.46. The zero-order valence-corrected chi connectivity index (χ0v) is 19.9. The van der Waals surface area contributed by atoms with Crippen molar-refractivity contribution in [3.05, 3.63) is 85.0 Å². The lowest BCUT2D eigenvalue weighted by Gasteiger charge is -2.17. The van der Waals surface area contributed by atoms with E-state index in [1.165, 1.54) is 18.5 Å². The number of fused-ring (bicyclic) bond motifs is 1. The Bertz CT molecular complexity index is 1480. The molecule has 0 spiro atoms. The summed E-state index contributed by atoms with van der Waals surface area (Å²) in [5, 5.41) is 3.83. The number of nitrogens with zero attached hydrogens (tertiary/aromatic N) is 4. The van der Waals surface area contributed by atoms with Crippen molar-refractivity contribution in [1.82, 2.24) is 30.2 Å². The summed E-state index contributed by atoms with van der Waals surface area (Å²) in [7, 11) is 0. The van der Waals surface area contributed by atoms with Crippen LogP contribution < -0.4 is 10.2 Å². The summed E-state index contributed by atoms with van der Waals surface area (Å²) in [4.78, 5) is 34.5. The number of benzene rings is 1. The minimum atomic E-state index is -0.171. The quantitative estimate of drug-likeness (QED) is 0.318. The smallest absolute Gasteiger partial charge is 0.267 e. The molecule has 5 heterocycles. The summed E-state index contributed by atoms with van der Waals surface area (Å²) in [6.45, 7) is 2.76. The molecule has 36 heavy (non-hydrogen) atoms. The summed E-state index contributed by atoms with van der Waals surface area (Å²) in [6.07, 6.45) is 12.1. The Labute approximate surface area is 208 Å². The minimum Gasteiger partial charge on any atom is -0.372 e. The highest BCUT2D eigenvalue weighted by molar-refractivity contribution is 6.01. The molecule has 4 aromatic heterocycles. The van der Waals surface area contributed by atoms with Gasteiger partial charge in [-0.15, -0.1) is 0 Å². The lowest BCUT2D eigenvalue weighted by atomic mass is 10.0. The van der Waals surface area contributed by atoms with E-state index < -0.39 is 0 Å². The molecule has 1 aliphatic heterocycles. The number of carbonyl (C=O) groups is 1. The first-order chi connectivity index (χ1) is 17.7. The minimum absolute atomic E-state index is 0.171. The molecule has 0 aliphatic carbocycles. The van der Waals surface area contributed by atoms with Crippen LogP contribution in [0.2, 0.25) is 0 Å². The van der Waals surface area contributed by atoms with Crippen LogP contribution in [0, 0.1) is 0 Å². The standard InChI is InChI=1S/C28H27N7O/c36-28(33-10-8-26-30-11-12-31-26)25-16-24-23(7-9-32-27(24)34-25)21-15-20(17-29-18-21)19-3-5-22(6-4-19)35-13-1-2-14-35/h3-7,9,11-12,15-18H,1-2,8,10,13-14H2,(H,30,31)(H,32,34)(H,33,36). The van der Waals surface area contributed by atoms with Crippen LogP contribution in [0.3, 0.4) is 0 Å². The van der Waals surface area contributed by atoms with E-state index in [0.29, 0.717) is 24.3 Å². The lowest BCUT2D eigenvalue weighted by Crippen LogP contribution is -2.26. The molecule has 3 N–H and O–H groups in total. The number of amides is 1. The van der Waals surface area contributed by atoms with Gasteiger partial charge < -0.3 is 20.2 Å². The fraction of sp³-hybridized carbons (Fsp3) is 0.214. The molecule has 0 radical (unpaired) electrons. The molecule has 0 atom stereocenters. The zero-order valence-electron chi connectivity index (χ0n) is 19.9. The maximum Gasteiger partial charge on any atom is 0.267 e. The van der Waals surface area contributed by atoms with Crippen molar-refractivity contribution in [2.24, 2.45) is 0 Å². The van der Waals surface area contributed by atoms with Gasteiger partial charge in [0.2, 0.25) is 0 Å². The van der Waals surface area contributed by atoms with Gasteiger partial charge in [-0.05, 0) is 54.3 Å². The second-order valence-electron chi connectivity index (χ2n) is 9.05. The van der Waals surface area contributed by atoms with Crippen molar-refractivity contribution < 1.29 is 4.79 Å². The Kier molecular flexibility index (Phi) is 5.91. The number of H-pyrrole nitrogens is 2. The molecular weight excluding hydrogens is 450 g/mol. The van der Waals surface area contributed by atoms with E-state index in [9.17, 15) is 4.79 Å². The molecule has 5 aromatic rings. The molecule has 6 rings (SSSR count). The predicted octanol–water partition coefficient (Wildman–Crippen LogP) is 4.59. The topological polar surface area (TPSA) is 103 Å². The normalized spacial score (nSPS) is 13.4. The van der Waals surface area contributed by atoms with Crippen LogP contribution in [-0.2, 0) is 6.42 Å². The third-order valence-electron chi connectivity index (χ3n) is 6.70. The SMILES string of the molecule is O=C(NCCc1ncc[nH]1)c1cc2c(-c3cncc(-c4ccc(N5CCCC5)cc4)c3)ccnc2[nH]1. The number of aromatic nitrogens is 5. The summed E-state index contributed by atoms with van der Waals surface area (Å²) in [5.41, 5.74) is 6.56. The largest absolute Gasteiger partial charge is 0.372 e. The van der Waals surface area contributed by atoms with Gasteiger partial charge in [-0.25, -0.2) is 9.97 Å². The number of imidazole rings is 1. The van der Waals surface area contributed by atoms with E-state index in [1.54, 1.807) is 18.6 Å². The molecule has 1 aliphatic rings. The first-order valence-corrected chi connectivity index (χ1v) is 12.3. The van der Waals surface area contributed by atoms with Gasteiger partial charge in [0.05, 0.1) is 0 Å². The van der Waals surface area contributed by atoms with E-state index in [1.807, 2.05) is 24.5 Å². The van der Waals surface area contributed by atoms with Crippen LogP contribution in [0.5, 0.6) is 0 Å². The molecule has 0 saturated carbocycles. The number of aromatic amines is 2. The van der Waals surface area contributed by atoms with E-state index in [4.69, 9.17) is 0 Å². The van der Waals surface area contributed by atoms with E-state index in [2.05, 4.69) is 65.5 Å². The summed E-state index contributed by atoms with van der Waals surface area (Å²) >= 11 is 0. The molecule has 1 amide bonds. The average molecular weight is 478 g/mol. The molecule has 180 valence electrons. The first-order valence-electron chi connectivity index (χ1n) is 12.3. The van der Waals surface area contributed by atoms with Gasteiger partial charge in [0.1, 0.15) is 17.2 Å². The van der Waals surface area contributed by atoms with Gasteiger partial charge in [0.25, 0.3) is 5.91 Å².